The van der Waals surface area contributed by atoms with Crippen molar-refractivity contribution in [1.82, 2.24) is 10.2 Å². The Bertz CT molecular complexity index is 733. The number of ether oxygens (including phenoxy) is 2. The Hall–Kier alpha value is -1.76. The van der Waals surface area contributed by atoms with Crippen LogP contribution in [0.5, 0.6) is 11.5 Å². The molecule has 2 aromatic rings. The molecule has 0 spiro atoms. The van der Waals surface area contributed by atoms with Gasteiger partial charge >= 0.3 is 0 Å². The number of hydrogen-bond acceptors (Lipinski definition) is 5. The van der Waals surface area contributed by atoms with E-state index in [-0.39, 0.29) is 18.3 Å². The Balaban J connectivity index is 0.00000280. The van der Waals surface area contributed by atoms with Gasteiger partial charge in [-0.25, -0.2) is 0 Å². The van der Waals surface area contributed by atoms with Crippen molar-refractivity contribution in [1.29, 1.82) is 0 Å². The first-order valence-electron chi connectivity index (χ1n) is 9.42. The first-order valence-corrected chi connectivity index (χ1v) is 10.4. The number of thiophene rings is 1. The number of nitrogens with one attached hydrogen (secondary N) is 1. The molecule has 1 N–H and O–H groups in total. The van der Waals surface area contributed by atoms with Gasteiger partial charge in [0.2, 0.25) is 5.91 Å². The van der Waals surface area contributed by atoms with E-state index in [2.05, 4.69) is 22.1 Å². The molecule has 2 heterocycles. The van der Waals surface area contributed by atoms with Gasteiger partial charge in [0.15, 0.2) is 11.5 Å². The second-order valence-corrected chi connectivity index (χ2v) is 7.66. The van der Waals surface area contributed by atoms with Gasteiger partial charge in [0.1, 0.15) is 0 Å². The molecule has 3 rings (SSSR count). The number of halogens is 1. The van der Waals surface area contributed by atoms with Crippen LogP contribution in [0.15, 0.2) is 35.0 Å². The Morgan fingerprint density at radius 2 is 2.04 bits per heavy atom. The first-order chi connectivity index (χ1) is 13.2. The van der Waals surface area contributed by atoms with Crippen molar-refractivity contribution >= 4 is 29.7 Å². The lowest BCUT2D eigenvalue weighted by Crippen LogP contribution is -2.36. The molecule has 1 atom stereocenters. The highest BCUT2D eigenvalue weighted by Crippen LogP contribution is 2.28. The monoisotopic (exact) mass is 424 g/mol. The van der Waals surface area contributed by atoms with Gasteiger partial charge in [0.25, 0.3) is 0 Å². The number of carbonyl (C=O) groups is 1. The molecule has 0 radical (unpaired) electrons. The van der Waals surface area contributed by atoms with Gasteiger partial charge in [0, 0.05) is 25.6 Å². The van der Waals surface area contributed by atoms with E-state index in [9.17, 15) is 4.79 Å². The average molecular weight is 425 g/mol. The standard InChI is InChI=1S/C21H28N2O3S.ClH/c1-25-19-6-5-16(12-20(19)26-2)7-10-23(14-17-8-11-27-15-17)21(24)13-18-4-3-9-22-18;/h5-6,8,11-12,15,18,22H,3-4,7,9-10,13-14H2,1-2H3;1H. The lowest BCUT2D eigenvalue weighted by molar-refractivity contribution is -0.132. The Kier molecular flexibility index (Phi) is 9.09. The zero-order valence-electron chi connectivity index (χ0n) is 16.5. The van der Waals surface area contributed by atoms with Crippen molar-refractivity contribution in [3.63, 3.8) is 0 Å². The smallest absolute Gasteiger partial charge is 0.224 e. The maximum absolute atomic E-state index is 12.9. The van der Waals surface area contributed by atoms with Crippen LogP contribution in [0.1, 0.15) is 30.4 Å². The lowest BCUT2D eigenvalue weighted by Gasteiger charge is -2.24. The quantitative estimate of drug-likeness (QED) is 0.663. The molecule has 1 aromatic carbocycles. The summed E-state index contributed by atoms with van der Waals surface area (Å²) in [5.74, 6) is 1.67. The molecule has 1 aromatic heterocycles. The molecule has 154 valence electrons. The molecule has 1 fully saturated rings. The van der Waals surface area contributed by atoms with E-state index >= 15 is 0 Å². The highest BCUT2D eigenvalue weighted by Gasteiger charge is 2.22. The van der Waals surface area contributed by atoms with Gasteiger partial charge in [0.05, 0.1) is 14.2 Å². The Morgan fingerprint density at radius 1 is 1.21 bits per heavy atom. The minimum absolute atomic E-state index is 0. The van der Waals surface area contributed by atoms with Gasteiger partial charge in [-0.2, -0.15) is 11.3 Å². The minimum atomic E-state index is 0. The average Bonchev–Trinajstić information content (AvgIpc) is 3.38. The highest BCUT2D eigenvalue weighted by molar-refractivity contribution is 7.07. The number of hydrogen-bond donors (Lipinski definition) is 1. The van der Waals surface area contributed by atoms with Gasteiger partial charge in [-0.3, -0.25) is 4.79 Å². The number of benzene rings is 1. The molecule has 1 saturated heterocycles. The lowest BCUT2D eigenvalue weighted by atomic mass is 10.1. The molecule has 0 aliphatic carbocycles. The molecule has 28 heavy (non-hydrogen) atoms. The van der Waals surface area contributed by atoms with Gasteiger partial charge in [-0.1, -0.05) is 6.07 Å². The fourth-order valence-corrected chi connectivity index (χ4v) is 4.13. The van der Waals surface area contributed by atoms with Crippen LogP contribution in [0.3, 0.4) is 0 Å². The van der Waals surface area contributed by atoms with Crippen LogP contribution in [0.4, 0.5) is 0 Å². The molecular formula is C21H29ClN2O3S. The third kappa shape index (κ3) is 6.12. The van der Waals surface area contributed by atoms with Crippen LogP contribution in [-0.4, -0.2) is 44.2 Å². The summed E-state index contributed by atoms with van der Waals surface area (Å²) in [6, 6.07) is 8.36. The van der Waals surface area contributed by atoms with E-state index < -0.39 is 0 Å². The second-order valence-electron chi connectivity index (χ2n) is 6.88. The largest absolute Gasteiger partial charge is 0.493 e. The van der Waals surface area contributed by atoms with E-state index in [1.807, 2.05) is 23.1 Å². The van der Waals surface area contributed by atoms with Crippen molar-refractivity contribution in [3.05, 3.63) is 46.2 Å². The number of amides is 1. The topological polar surface area (TPSA) is 50.8 Å². The van der Waals surface area contributed by atoms with Crippen molar-refractivity contribution < 1.29 is 14.3 Å². The zero-order chi connectivity index (χ0) is 19.1. The fourth-order valence-electron chi connectivity index (χ4n) is 3.47. The second kappa shape index (κ2) is 11.3. The third-order valence-corrected chi connectivity index (χ3v) is 5.74. The molecule has 1 unspecified atom stereocenters. The van der Waals surface area contributed by atoms with Crippen LogP contribution >= 0.6 is 23.7 Å². The van der Waals surface area contributed by atoms with E-state index in [1.165, 1.54) is 5.56 Å². The highest BCUT2D eigenvalue weighted by atomic mass is 35.5. The third-order valence-electron chi connectivity index (χ3n) is 5.01. The van der Waals surface area contributed by atoms with E-state index in [4.69, 9.17) is 9.47 Å². The van der Waals surface area contributed by atoms with Crippen LogP contribution in [-0.2, 0) is 17.8 Å². The molecule has 5 nitrogen and oxygen atoms in total. The predicted octanol–water partition coefficient (Wildman–Crippen LogP) is 3.90. The predicted molar refractivity (Wildman–Crippen MR) is 116 cm³/mol. The van der Waals surface area contributed by atoms with Crippen molar-refractivity contribution in [2.24, 2.45) is 0 Å². The van der Waals surface area contributed by atoms with Crippen LogP contribution in [0.2, 0.25) is 0 Å². The summed E-state index contributed by atoms with van der Waals surface area (Å²) in [4.78, 5) is 14.9. The molecular weight excluding hydrogens is 396 g/mol. The summed E-state index contributed by atoms with van der Waals surface area (Å²) in [6.07, 6.45) is 3.62. The first kappa shape index (κ1) is 22.5. The zero-order valence-corrected chi connectivity index (χ0v) is 18.1. The van der Waals surface area contributed by atoms with E-state index in [0.29, 0.717) is 25.6 Å². The summed E-state index contributed by atoms with van der Waals surface area (Å²) >= 11 is 1.67. The van der Waals surface area contributed by atoms with E-state index in [1.54, 1.807) is 25.6 Å². The van der Waals surface area contributed by atoms with Crippen LogP contribution in [0.25, 0.3) is 0 Å². The van der Waals surface area contributed by atoms with Gasteiger partial charge < -0.3 is 19.7 Å². The molecule has 0 saturated carbocycles. The van der Waals surface area contributed by atoms with Crippen LogP contribution < -0.4 is 14.8 Å². The Morgan fingerprint density at radius 3 is 2.68 bits per heavy atom. The molecule has 7 heteroatoms. The van der Waals surface area contributed by atoms with Gasteiger partial charge in [-0.05, 0) is 65.9 Å². The number of methoxy groups -OCH3 is 2. The SMILES string of the molecule is COc1ccc(CCN(Cc2ccsc2)C(=O)CC2CCCN2)cc1OC.Cl. The summed E-state index contributed by atoms with van der Waals surface area (Å²) in [6.45, 7) is 2.38. The number of carbonyl (C=O) groups excluding carboxylic acids is 1. The minimum Gasteiger partial charge on any atom is -0.493 e. The fraction of sp³-hybridized carbons (Fsp3) is 0.476. The molecule has 1 aliphatic heterocycles. The maximum Gasteiger partial charge on any atom is 0.224 e. The van der Waals surface area contributed by atoms with Gasteiger partial charge in [-0.15, -0.1) is 12.4 Å². The summed E-state index contributed by atoms with van der Waals surface area (Å²) < 4.78 is 10.7. The summed E-state index contributed by atoms with van der Waals surface area (Å²) in [7, 11) is 3.28. The van der Waals surface area contributed by atoms with Crippen molar-refractivity contribution in [2.75, 3.05) is 27.3 Å². The number of rotatable bonds is 9. The summed E-state index contributed by atoms with van der Waals surface area (Å²) in [5.41, 5.74) is 2.33. The Labute approximate surface area is 177 Å². The normalized spacial score (nSPS) is 15.7. The van der Waals surface area contributed by atoms with Crippen LogP contribution in [0, 0.1) is 0 Å². The molecule has 0 bridgehead atoms. The number of nitrogens with zero attached hydrogens (tertiary/aromatic N) is 1. The maximum atomic E-state index is 12.9. The molecule has 1 aliphatic rings. The van der Waals surface area contributed by atoms with E-state index in [0.717, 1.165) is 42.9 Å². The molecule has 1 amide bonds. The van der Waals surface area contributed by atoms with Crippen molar-refractivity contribution in [2.45, 2.75) is 38.3 Å². The summed E-state index contributed by atoms with van der Waals surface area (Å²) in [5, 5.41) is 7.60. The van der Waals surface area contributed by atoms with Crippen molar-refractivity contribution in [3.8, 4) is 11.5 Å².